The number of fused-ring (bicyclic) bond motifs is 2. The first-order chi connectivity index (χ1) is 14.5. The summed E-state index contributed by atoms with van der Waals surface area (Å²) in [5, 5.41) is 15.1. The average molecular weight is 425 g/mol. The van der Waals surface area contributed by atoms with Crippen molar-refractivity contribution in [1.82, 2.24) is 34.3 Å². The second-order valence-electron chi connectivity index (χ2n) is 7.08. The molecule has 8 nitrogen and oxygen atoms in total. The first-order valence-corrected chi connectivity index (χ1v) is 9.74. The number of halogens is 2. The summed E-state index contributed by atoms with van der Waals surface area (Å²) in [5.74, 6) is 0.188. The van der Waals surface area contributed by atoms with Gasteiger partial charge in [0, 0.05) is 41.6 Å². The molecule has 4 heterocycles. The van der Waals surface area contributed by atoms with Crippen molar-refractivity contribution >= 4 is 34.0 Å². The van der Waals surface area contributed by atoms with Crippen LogP contribution in [0.15, 0.2) is 37.1 Å². The molecule has 5 rings (SSSR count). The van der Waals surface area contributed by atoms with Crippen molar-refractivity contribution < 1.29 is 4.39 Å². The number of aryl methyl sites for hydroxylation is 1. The van der Waals surface area contributed by atoms with E-state index >= 15 is 4.39 Å². The number of hydrogen-bond acceptors (Lipinski definition) is 5. The lowest BCUT2D eigenvalue weighted by Gasteiger charge is -2.19. The van der Waals surface area contributed by atoms with Crippen LogP contribution in [0, 0.1) is 12.7 Å². The number of aromatic nitrogens is 7. The number of benzene rings is 1. The first kappa shape index (κ1) is 18.6. The molecule has 10 heteroatoms. The number of nitrogens with zero attached hydrogens (tertiary/aromatic N) is 6. The minimum Gasteiger partial charge on any atom is -0.372 e. The maximum Gasteiger partial charge on any atom is 0.157 e. The number of hydrogen-bond donors (Lipinski definition) is 2. The zero-order chi connectivity index (χ0) is 21.0. The molecule has 0 radical (unpaired) electrons. The normalized spacial score (nSPS) is 12.7. The fourth-order valence-electron chi connectivity index (χ4n) is 3.84. The topological polar surface area (TPSA) is 88.7 Å². The summed E-state index contributed by atoms with van der Waals surface area (Å²) in [6.07, 6.45) is 8.56. The van der Waals surface area contributed by atoms with Crippen LogP contribution in [0.25, 0.3) is 27.8 Å². The van der Waals surface area contributed by atoms with Gasteiger partial charge in [0.25, 0.3) is 0 Å². The Morgan fingerprint density at radius 1 is 1.27 bits per heavy atom. The van der Waals surface area contributed by atoms with E-state index in [1.165, 1.54) is 0 Å². The third-order valence-electron chi connectivity index (χ3n) is 5.33. The van der Waals surface area contributed by atoms with Crippen LogP contribution in [-0.4, -0.2) is 41.4 Å². The van der Waals surface area contributed by atoms with Gasteiger partial charge in [-0.05, 0) is 19.9 Å². The molecule has 4 aromatic heterocycles. The second-order valence-corrected chi connectivity index (χ2v) is 7.46. The van der Waals surface area contributed by atoms with Gasteiger partial charge in [-0.15, -0.1) is 0 Å². The van der Waals surface area contributed by atoms with E-state index in [-0.39, 0.29) is 11.1 Å². The summed E-state index contributed by atoms with van der Waals surface area (Å²) in [6.45, 7) is 3.80. The lowest BCUT2D eigenvalue weighted by Crippen LogP contribution is -2.13. The maximum absolute atomic E-state index is 15.6. The van der Waals surface area contributed by atoms with Crippen LogP contribution in [0.2, 0.25) is 5.02 Å². The van der Waals surface area contributed by atoms with Gasteiger partial charge in [0.2, 0.25) is 0 Å². The molecule has 0 spiro atoms. The van der Waals surface area contributed by atoms with Crippen LogP contribution in [-0.2, 0) is 0 Å². The third kappa shape index (κ3) is 2.66. The summed E-state index contributed by atoms with van der Waals surface area (Å²) in [5.41, 5.74) is 3.56. The zero-order valence-corrected chi connectivity index (χ0v) is 17.2. The highest BCUT2D eigenvalue weighted by atomic mass is 35.5. The summed E-state index contributed by atoms with van der Waals surface area (Å²) >= 11 is 6.57. The predicted octanol–water partition coefficient (Wildman–Crippen LogP) is 4.22. The predicted molar refractivity (Wildman–Crippen MR) is 113 cm³/mol. The van der Waals surface area contributed by atoms with Gasteiger partial charge in [-0.1, -0.05) is 11.6 Å². The second kappa shape index (κ2) is 6.81. The smallest absolute Gasteiger partial charge is 0.157 e. The Hall–Kier alpha value is -3.46. The molecule has 152 valence electrons. The highest BCUT2D eigenvalue weighted by Crippen LogP contribution is 2.41. The van der Waals surface area contributed by atoms with Gasteiger partial charge in [0.15, 0.2) is 5.65 Å². The molecule has 0 saturated heterocycles. The van der Waals surface area contributed by atoms with E-state index in [9.17, 15) is 0 Å². The molecule has 5 aromatic rings. The van der Waals surface area contributed by atoms with Gasteiger partial charge in [-0.2, -0.15) is 10.2 Å². The highest BCUT2D eigenvalue weighted by molar-refractivity contribution is 6.35. The Morgan fingerprint density at radius 2 is 2.10 bits per heavy atom. The van der Waals surface area contributed by atoms with Gasteiger partial charge >= 0.3 is 0 Å². The molecule has 1 aromatic carbocycles. The minimum absolute atomic E-state index is 0.00337. The Labute approximate surface area is 175 Å². The summed E-state index contributed by atoms with van der Waals surface area (Å²) in [7, 11) is 1.79. The van der Waals surface area contributed by atoms with Crippen LogP contribution < -0.4 is 5.32 Å². The van der Waals surface area contributed by atoms with E-state index < -0.39 is 5.82 Å². The molecule has 0 bridgehead atoms. The summed E-state index contributed by atoms with van der Waals surface area (Å²) in [6, 6.07) is 1.50. The number of imidazole rings is 1. The average Bonchev–Trinajstić information content (AvgIpc) is 3.47. The maximum atomic E-state index is 15.6. The van der Waals surface area contributed by atoms with Crippen LogP contribution in [0.4, 0.5) is 10.2 Å². The molecule has 0 aliphatic carbocycles. The largest absolute Gasteiger partial charge is 0.372 e. The molecular formula is C20H18ClFN8. The van der Waals surface area contributed by atoms with E-state index in [0.717, 1.165) is 5.69 Å². The van der Waals surface area contributed by atoms with Crippen molar-refractivity contribution in [2.45, 2.75) is 19.9 Å². The van der Waals surface area contributed by atoms with Crippen molar-refractivity contribution in [2.24, 2.45) is 0 Å². The number of anilines is 1. The molecule has 30 heavy (non-hydrogen) atoms. The fourth-order valence-corrected chi connectivity index (χ4v) is 4.14. The molecule has 1 unspecified atom stereocenters. The van der Waals surface area contributed by atoms with Crippen LogP contribution in [0.5, 0.6) is 0 Å². The molecule has 0 saturated carbocycles. The van der Waals surface area contributed by atoms with Crippen LogP contribution in [0.3, 0.4) is 0 Å². The van der Waals surface area contributed by atoms with Crippen molar-refractivity contribution in [3.8, 4) is 11.3 Å². The van der Waals surface area contributed by atoms with Crippen molar-refractivity contribution in [3.05, 3.63) is 59.1 Å². The van der Waals surface area contributed by atoms with Gasteiger partial charge in [-0.3, -0.25) is 14.8 Å². The SMILES string of the molecule is CNc1cn2cc(-c3c(Cl)c(F)c(C(C)n4nccc4C)c4[nH]ncc34)ncc2n1. The lowest BCUT2D eigenvalue weighted by atomic mass is 9.98. The number of aromatic amines is 1. The van der Waals surface area contributed by atoms with E-state index in [0.29, 0.717) is 39.2 Å². The monoisotopic (exact) mass is 424 g/mol. The zero-order valence-electron chi connectivity index (χ0n) is 16.5. The lowest BCUT2D eigenvalue weighted by molar-refractivity contribution is 0.516. The van der Waals surface area contributed by atoms with Gasteiger partial charge in [0.05, 0.1) is 40.9 Å². The van der Waals surface area contributed by atoms with Gasteiger partial charge in [0.1, 0.15) is 11.6 Å². The minimum atomic E-state index is -0.519. The van der Waals surface area contributed by atoms with Gasteiger partial charge in [-0.25, -0.2) is 9.37 Å². The molecule has 0 fully saturated rings. The third-order valence-corrected chi connectivity index (χ3v) is 5.69. The van der Waals surface area contributed by atoms with E-state index in [2.05, 4.69) is 30.6 Å². The van der Waals surface area contributed by atoms with Crippen LogP contribution >= 0.6 is 11.6 Å². The Bertz CT molecular complexity index is 1400. The quantitative estimate of drug-likeness (QED) is 0.451. The number of rotatable bonds is 4. The molecule has 2 N–H and O–H groups in total. The van der Waals surface area contributed by atoms with E-state index in [4.69, 9.17) is 11.6 Å². The molecule has 0 aliphatic rings. The summed E-state index contributed by atoms with van der Waals surface area (Å²) in [4.78, 5) is 8.86. The van der Waals surface area contributed by atoms with Gasteiger partial charge < -0.3 is 9.72 Å². The Kier molecular flexibility index (Phi) is 4.21. The first-order valence-electron chi connectivity index (χ1n) is 9.36. The Morgan fingerprint density at radius 3 is 2.83 bits per heavy atom. The van der Waals surface area contributed by atoms with Crippen molar-refractivity contribution in [1.29, 1.82) is 0 Å². The van der Waals surface area contributed by atoms with Crippen molar-refractivity contribution in [3.63, 3.8) is 0 Å². The fraction of sp³-hybridized carbons (Fsp3) is 0.200. The molecule has 0 aliphatic heterocycles. The molecule has 0 amide bonds. The molecular weight excluding hydrogens is 407 g/mol. The highest BCUT2D eigenvalue weighted by Gasteiger charge is 2.26. The number of nitrogens with one attached hydrogen (secondary N) is 2. The summed E-state index contributed by atoms with van der Waals surface area (Å²) < 4.78 is 19.2. The number of H-pyrrole nitrogens is 1. The van der Waals surface area contributed by atoms with E-state index in [1.807, 2.05) is 30.5 Å². The van der Waals surface area contributed by atoms with Crippen molar-refractivity contribution in [2.75, 3.05) is 12.4 Å². The Balaban J connectivity index is 1.74. The molecule has 1 atom stereocenters. The standard InChI is InChI=1S/C20H18ClFN8/c1-10-4-5-26-30(10)11(2)16-19(22)18(21)17(12-6-25-28-20(12)16)13-8-29-9-14(23-3)27-15(29)7-24-13/h4-9,11,23H,1-3H3,(H,25,28). The van der Waals surface area contributed by atoms with Crippen LogP contribution in [0.1, 0.15) is 24.2 Å². The van der Waals surface area contributed by atoms with E-state index in [1.54, 1.807) is 36.5 Å².